The van der Waals surface area contributed by atoms with Gasteiger partial charge in [-0.3, -0.25) is 4.79 Å². The lowest BCUT2D eigenvalue weighted by molar-refractivity contribution is 0.193. The number of piperidine rings is 1. The summed E-state index contributed by atoms with van der Waals surface area (Å²) in [6.45, 7) is 5.69. The van der Waals surface area contributed by atoms with Gasteiger partial charge in [-0.15, -0.1) is 5.10 Å². The molecule has 2 N–H and O–H groups in total. The number of nitrogens with zero attached hydrogens (tertiary/aromatic N) is 5. The van der Waals surface area contributed by atoms with E-state index in [-0.39, 0.29) is 28.8 Å². The Bertz CT molecular complexity index is 1420. The van der Waals surface area contributed by atoms with Gasteiger partial charge in [0.1, 0.15) is 11.6 Å². The maximum atomic E-state index is 13.2. The van der Waals surface area contributed by atoms with Gasteiger partial charge < -0.3 is 15.2 Å². The molecule has 10 heteroatoms. The van der Waals surface area contributed by atoms with E-state index in [1.807, 2.05) is 24.3 Å². The van der Waals surface area contributed by atoms with Crippen molar-refractivity contribution >= 4 is 22.9 Å². The van der Waals surface area contributed by atoms with E-state index < -0.39 is 0 Å². The van der Waals surface area contributed by atoms with Crippen LogP contribution in [0.3, 0.4) is 0 Å². The summed E-state index contributed by atoms with van der Waals surface area (Å²) in [5.74, 6) is 0.693. The lowest BCUT2D eigenvalue weighted by Crippen LogP contribution is -2.41. The van der Waals surface area contributed by atoms with E-state index in [0.29, 0.717) is 49.9 Å². The smallest absolute Gasteiger partial charge is 0.321 e. The zero-order valence-corrected chi connectivity index (χ0v) is 20.2. The summed E-state index contributed by atoms with van der Waals surface area (Å²) in [5, 5.41) is 11.0. The van der Waals surface area contributed by atoms with Crippen LogP contribution in [0.1, 0.15) is 55.5 Å². The number of hydrogen-bond acceptors (Lipinski definition) is 5. The fourth-order valence-electron chi connectivity index (χ4n) is 4.46. The van der Waals surface area contributed by atoms with Gasteiger partial charge in [0.05, 0.1) is 6.54 Å². The second kappa shape index (κ2) is 9.88. The summed E-state index contributed by atoms with van der Waals surface area (Å²) in [6, 6.07) is 13.9. The molecule has 0 bridgehead atoms. The van der Waals surface area contributed by atoms with Crippen molar-refractivity contribution in [2.45, 2.75) is 45.1 Å². The molecule has 0 saturated carbocycles. The Morgan fingerprint density at radius 2 is 1.81 bits per heavy atom. The number of benzene rings is 2. The van der Waals surface area contributed by atoms with Crippen LogP contribution in [0, 0.1) is 5.82 Å². The van der Waals surface area contributed by atoms with Gasteiger partial charge >= 0.3 is 6.03 Å². The van der Waals surface area contributed by atoms with Crippen molar-refractivity contribution in [2.24, 2.45) is 0 Å². The number of aromatic amines is 1. The quantitative estimate of drug-likeness (QED) is 0.436. The SMILES string of the molecule is CC(C)c1ccc(NC(=O)N2CCC(c3nc4c(nnn4Cc4ccc(F)cc4)c(=O)[nH]3)CC2)cc1. The molecule has 5 rings (SSSR count). The van der Waals surface area contributed by atoms with E-state index in [1.165, 1.54) is 17.7 Å². The highest BCUT2D eigenvalue weighted by Crippen LogP contribution is 2.26. The van der Waals surface area contributed by atoms with Gasteiger partial charge in [-0.2, -0.15) is 0 Å². The molecule has 186 valence electrons. The van der Waals surface area contributed by atoms with Gasteiger partial charge in [0.25, 0.3) is 5.56 Å². The number of fused-ring (bicyclic) bond motifs is 1. The molecule has 2 aromatic carbocycles. The molecule has 1 saturated heterocycles. The standard InChI is InChI=1S/C26H28FN7O2/c1-16(2)18-5-9-21(10-6-18)28-26(36)33-13-11-19(12-14-33)23-29-24-22(25(35)30-23)31-32-34(24)15-17-3-7-20(27)8-4-17/h3-10,16,19H,11-15H2,1-2H3,(H,28,36)(H,29,30,35). The first-order valence-corrected chi connectivity index (χ1v) is 12.1. The predicted octanol–water partition coefficient (Wildman–Crippen LogP) is 4.24. The van der Waals surface area contributed by atoms with Crippen molar-refractivity contribution in [1.82, 2.24) is 29.9 Å². The molecular weight excluding hydrogens is 461 g/mol. The Morgan fingerprint density at radius 1 is 1.11 bits per heavy atom. The van der Waals surface area contributed by atoms with Gasteiger partial charge in [-0.1, -0.05) is 43.3 Å². The molecule has 1 fully saturated rings. The number of nitrogens with one attached hydrogen (secondary N) is 2. The number of urea groups is 1. The number of aromatic nitrogens is 5. The summed E-state index contributed by atoms with van der Waals surface area (Å²) in [6.07, 6.45) is 1.35. The number of likely N-dealkylation sites (tertiary alicyclic amines) is 1. The summed E-state index contributed by atoms with van der Waals surface area (Å²) < 4.78 is 14.8. The van der Waals surface area contributed by atoms with E-state index in [4.69, 9.17) is 0 Å². The highest BCUT2D eigenvalue weighted by Gasteiger charge is 2.26. The Morgan fingerprint density at radius 3 is 2.47 bits per heavy atom. The number of carbonyl (C=O) groups is 1. The first-order chi connectivity index (χ1) is 17.4. The molecule has 0 aliphatic carbocycles. The summed E-state index contributed by atoms with van der Waals surface area (Å²) in [4.78, 5) is 34.7. The van der Waals surface area contributed by atoms with Crippen molar-refractivity contribution in [3.8, 4) is 0 Å². The maximum Gasteiger partial charge on any atom is 0.321 e. The topological polar surface area (TPSA) is 109 Å². The number of amides is 2. The first kappa shape index (κ1) is 23.7. The second-order valence-electron chi connectivity index (χ2n) is 9.47. The fraction of sp³-hybridized carbons (Fsp3) is 0.346. The molecule has 9 nitrogen and oxygen atoms in total. The largest absolute Gasteiger partial charge is 0.324 e. The number of H-pyrrole nitrogens is 1. The lowest BCUT2D eigenvalue weighted by atomic mass is 9.96. The van der Waals surface area contributed by atoms with Gasteiger partial charge in [-0.05, 0) is 54.2 Å². The Hall–Kier alpha value is -4.08. The Kier molecular flexibility index (Phi) is 6.49. The van der Waals surface area contributed by atoms with Crippen molar-refractivity contribution in [3.63, 3.8) is 0 Å². The minimum Gasteiger partial charge on any atom is -0.324 e. The molecule has 0 spiro atoms. The third-order valence-corrected chi connectivity index (χ3v) is 6.64. The molecule has 4 aromatic rings. The number of carbonyl (C=O) groups excluding carboxylic acids is 1. The Balaban J connectivity index is 1.26. The summed E-state index contributed by atoms with van der Waals surface area (Å²) in [7, 11) is 0. The average Bonchev–Trinajstić information content (AvgIpc) is 3.29. The van der Waals surface area contributed by atoms with Gasteiger partial charge in [0.15, 0.2) is 11.2 Å². The molecule has 1 aliphatic heterocycles. The van der Waals surface area contributed by atoms with Gasteiger partial charge in [0.2, 0.25) is 0 Å². The average molecular weight is 490 g/mol. The van der Waals surface area contributed by atoms with Gasteiger partial charge in [0, 0.05) is 24.7 Å². The van der Waals surface area contributed by atoms with Crippen molar-refractivity contribution in [1.29, 1.82) is 0 Å². The Labute approximate surface area is 207 Å². The number of anilines is 1. The lowest BCUT2D eigenvalue weighted by Gasteiger charge is -2.31. The minimum absolute atomic E-state index is 0.00523. The van der Waals surface area contributed by atoms with Crippen LogP contribution in [0.4, 0.5) is 14.9 Å². The van der Waals surface area contributed by atoms with Crippen LogP contribution in [0.15, 0.2) is 53.3 Å². The molecule has 0 radical (unpaired) electrons. The highest BCUT2D eigenvalue weighted by atomic mass is 19.1. The van der Waals surface area contributed by atoms with E-state index >= 15 is 0 Å². The summed E-state index contributed by atoms with van der Waals surface area (Å²) in [5.41, 5.74) is 3.03. The maximum absolute atomic E-state index is 13.2. The molecular formula is C26H28FN7O2. The zero-order chi connectivity index (χ0) is 25.2. The van der Waals surface area contributed by atoms with Crippen molar-refractivity contribution in [3.05, 3.63) is 81.7 Å². The third-order valence-electron chi connectivity index (χ3n) is 6.64. The summed E-state index contributed by atoms with van der Waals surface area (Å²) >= 11 is 0. The molecule has 36 heavy (non-hydrogen) atoms. The predicted molar refractivity (Wildman–Crippen MR) is 135 cm³/mol. The molecule has 1 aliphatic rings. The minimum atomic E-state index is -0.342. The normalized spacial score (nSPS) is 14.5. The van der Waals surface area contributed by atoms with Crippen LogP contribution in [0.5, 0.6) is 0 Å². The number of halogens is 1. The van der Waals surface area contributed by atoms with Crippen LogP contribution in [-0.2, 0) is 6.54 Å². The van der Waals surface area contributed by atoms with Crippen LogP contribution in [-0.4, -0.2) is 49.0 Å². The monoisotopic (exact) mass is 489 g/mol. The number of hydrogen-bond donors (Lipinski definition) is 2. The second-order valence-corrected chi connectivity index (χ2v) is 9.47. The van der Waals surface area contributed by atoms with Crippen LogP contribution < -0.4 is 10.9 Å². The molecule has 0 unspecified atom stereocenters. The molecule has 0 atom stereocenters. The zero-order valence-electron chi connectivity index (χ0n) is 20.2. The van der Waals surface area contributed by atoms with Crippen molar-refractivity contribution in [2.75, 3.05) is 18.4 Å². The van der Waals surface area contributed by atoms with Crippen LogP contribution in [0.2, 0.25) is 0 Å². The van der Waals surface area contributed by atoms with Crippen LogP contribution >= 0.6 is 0 Å². The van der Waals surface area contributed by atoms with Crippen molar-refractivity contribution < 1.29 is 9.18 Å². The van der Waals surface area contributed by atoms with Crippen LogP contribution in [0.25, 0.3) is 11.2 Å². The van der Waals surface area contributed by atoms with E-state index in [1.54, 1.807) is 21.7 Å². The highest BCUT2D eigenvalue weighted by molar-refractivity contribution is 5.89. The number of rotatable bonds is 5. The fourth-order valence-corrected chi connectivity index (χ4v) is 4.46. The molecule has 3 heterocycles. The first-order valence-electron chi connectivity index (χ1n) is 12.1. The van der Waals surface area contributed by atoms with Gasteiger partial charge in [-0.25, -0.2) is 18.9 Å². The van der Waals surface area contributed by atoms with E-state index in [9.17, 15) is 14.0 Å². The van der Waals surface area contributed by atoms with E-state index in [0.717, 1.165) is 11.3 Å². The van der Waals surface area contributed by atoms with E-state index in [2.05, 4.69) is 39.4 Å². The molecule has 2 amide bonds. The molecule has 2 aromatic heterocycles. The third kappa shape index (κ3) is 4.98.